The lowest BCUT2D eigenvalue weighted by molar-refractivity contribution is 0.281. The summed E-state index contributed by atoms with van der Waals surface area (Å²) in [5.41, 5.74) is 2.12. The van der Waals surface area contributed by atoms with Gasteiger partial charge in [-0.3, -0.25) is 0 Å². The van der Waals surface area contributed by atoms with Gasteiger partial charge in [0.15, 0.2) is 0 Å². The Morgan fingerprint density at radius 3 is 2.27 bits per heavy atom. The lowest BCUT2D eigenvalue weighted by Gasteiger charge is -2.10. The summed E-state index contributed by atoms with van der Waals surface area (Å²) >= 11 is 1.71. The van der Waals surface area contributed by atoms with Gasteiger partial charge in [0, 0.05) is 17.9 Å². The monoisotopic (exact) mass is 427 g/mol. The topological polar surface area (TPSA) is 60.6 Å². The summed E-state index contributed by atoms with van der Waals surface area (Å²) in [5.74, 6) is 4.41. The summed E-state index contributed by atoms with van der Waals surface area (Å²) in [6.07, 6.45) is 0.996. The molecule has 0 fully saturated rings. The molecule has 160 valence electrons. The van der Waals surface area contributed by atoms with E-state index in [2.05, 4.69) is 36.1 Å². The van der Waals surface area contributed by atoms with E-state index in [1.807, 2.05) is 48.5 Å². The molecule has 0 spiro atoms. The van der Waals surface area contributed by atoms with Crippen molar-refractivity contribution in [1.29, 1.82) is 0 Å². The summed E-state index contributed by atoms with van der Waals surface area (Å²) in [4.78, 5) is 2.15. The van der Waals surface area contributed by atoms with E-state index in [1.165, 1.54) is 5.56 Å². The minimum Gasteiger partial charge on any atom is -0.494 e. The van der Waals surface area contributed by atoms with E-state index in [-0.39, 0.29) is 0 Å². The van der Waals surface area contributed by atoms with Crippen molar-refractivity contribution >= 4 is 11.8 Å². The van der Waals surface area contributed by atoms with Crippen LogP contribution in [0.3, 0.4) is 0 Å². The first-order chi connectivity index (χ1) is 14.6. The van der Waals surface area contributed by atoms with Crippen molar-refractivity contribution in [3.63, 3.8) is 0 Å². The maximum Gasteiger partial charge on any atom is 0.247 e. The number of nitrogens with zero attached hydrogens (tertiary/aromatic N) is 3. The average Bonchev–Trinajstić information content (AvgIpc) is 3.21. The smallest absolute Gasteiger partial charge is 0.247 e. The van der Waals surface area contributed by atoms with Crippen LogP contribution in [0.25, 0.3) is 11.5 Å². The van der Waals surface area contributed by atoms with Crippen LogP contribution in [0.2, 0.25) is 0 Å². The van der Waals surface area contributed by atoms with Gasteiger partial charge in [-0.05, 0) is 63.8 Å². The standard InChI is InChI=1S/C23H29N3O3S/c1-18-5-9-20(10-6-18)28-15-16-30-17-22-24-25-23(29-22)19-7-11-21(12-8-19)27-14-4-13-26(2)3/h5-12H,4,13-17H2,1-3H3. The predicted octanol–water partition coefficient (Wildman–Crippen LogP) is 4.69. The third-order valence-corrected chi connectivity index (χ3v) is 5.24. The number of aryl methyl sites for hydroxylation is 1. The van der Waals surface area contributed by atoms with Gasteiger partial charge in [-0.2, -0.15) is 0 Å². The van der Waals surface area contributed by atoms with Crippen LogP contribution in [0.5, 0.6) is 11.5 Å². The van der Waals surface area contributed by atoms with Gasteiger partial charge in [0.2, 0.25) is 11.8 Å². The number of aromatic nitrogens is 2. The largest absolute Gasteiger partial charge is 0.494 e. The molecule has 0 saturated heterocycles. The molecule has 0 saturated carbocycles. The van der Waals surface area contributed by atoms with Crippen molar-refractivity contribution < 1.29 is 13.9 Å². The predicted molar refractivity (Wildman–Crippen MR) is 121 cm³/mol. The fraction of sp³-hybridized carbons (Fsp3) is 0.391. The molecule has 0 amide bonds. The molecule has 3 rings (SSSR count). The Bertz CT molecular complexity index is 879. The van der Waals surface area contributed by atoms with Gasteiger partial charge >= 0.3 is 0 Å². The van der Waals surface area contributed by atoms with Crippen LogP contribution in [0.1, 0.15) is 17.9 Å². The Hall–Kier alpha value is -2.51. The second kappa shape index (κ2) is 11.6. The van der Waals surface area contributed by atoms with Crippen molar-refractivity contribution in [1.82, 2.24) is 15.1 Å². The van der Waals surface area contributed by atoms with E-state index in [4.69, 9.17) is 13.9 Å². The van der Waals surface area contributed by atoms with Crippen LogP contribution in [0.4, 0.5) is 0 Å². The van der Waals surface area contributed by atoms with Gasteiger partial charge in [0.1, 0.15) is 11.5 Å². The number of benzene rings is 2. The molecule has 1 heterocycles. The van der Waals surface area contributed by atoms with Crippen molar-refractivity contribution in [3.8, 4) is 23.0 Å². The second-order valence-electron chi connectivity index (χ2n) is 7.24. The van der Waals surface area contributed by atoms with Gasteiger partial charge in [-0.1, -0.05) is 17.7 Å². The average molecular weight is 428 g/mol. The number of hydrogen-bond donors (Lipinski definition) is 0. The Morgan fingerprint density at radius 1 is 0.900 bits per heavy atom. The molecule has 0 aliphatic heterocycles. The zero-order valence-electron chi connectivity index (χ0n) is 17.8. The molecular weight excluding hydrogens is 398 g/mol. The first kappa shape index (κ1) is 22.2. The molecule has 1 aromatic heterocycles. The summed E-state index contributed by atoms with van der Waals surface area (Å²) < 4.78 is 17.3. The van der Waals surface area contributed by atoms with Crippen molar-refractivity contribution in [2.24, 2.45) is 0 Å². The third-order valence-electron chi connectivity index (χ3n) is 4.33. The molecule has 30 heavy (non-hydrogen) atoms. The summed E-state index contributed by atoms with van der Waals surface area (Å²) in [5, 5.41) is 8.30. The van der Waals surface area contributed by atoms with Gasteiger partial charge in [-0.15, -0.1) is 22.0 Å². The minimum atomic E-state index is 0.528. The van der Waals surface area contributed by atoms with Gasteiger partial charge < -0.3 is 18.8 Å². The summed E-state index contributed by atoms with van der Waals surface area (Å²) in [6, 6.07) is 15.8. The Morgan fingerprint density at radius 2 is 1.57 bits per heavy atom. The Kier molecular flexibility index (Phi) is 8.59. The zero-order valence-corrected chi connectivity index (χ0v) is 18.7. The summed E-state index contributed by atoms with van der Waals surface area (Å²) in [6.45, 7) is 4.42. The van der Waals surface area contributed by atoms with E-state index >= 15 is 0 Å². The van der Waals surface area contributed by atoms with Gasteiger partial charge in [0.25, 0.3) is 0 Å². The normalized spacial score (nSPS) is 11.1. The van der Waals surface area contributed by atoms with E-state index < -0.39 is 0 Å². The highest BCUT2D eigenvalue weighted by Crippen LogP contribution is 2.23. The van der Waals surface area contributed by atoms with Crippen LogP contribution >= 0.6 is 11.8 Å². The number of rotatable bonds is 12. The number of ether oxygens (including phenoxy) is 2. The molecule has 6 nitrogen and oxygen atoms in total. The van der Waals surface area contributed by atoms with Crippen molar-refractivity contribution in [2.45, 2.75) is 19.1 Å². The molecule has 0 aliphatic rings. The molecule has 7 heteroatoms. The Labute approximate surface area is 182 Å². The van der Waals surface area contributed by atoms with Crippen LogP contribution in [-0.4, -0.2) is 54.7 Å². The van der Waals surface area contributed by atoms with E-state index in [1.54, 1.807) is 11.8 Å². The lowest BCUT2D eigenvalue weighted by atomic mass is 10.2. The first-order valence-corrected chi connectivity index (χ1v) is 11.2. The van der Waals surface area contributed by atoms with E-state index in [0.29, 0.717) is 30.7 Å². The summed E-state index contributed by atoms with van der Waals surface area (Å²) in [7, 11) is 4.12. The van der Waals surface area contributed by atoms with Crippen molar-refractivity contribution in [3.05, 3.63) is 60.0 Å². The minimum absolute atomic E-state index is 0.528. The highest BCUT2D eigenvalue weighted by atomic mass is 32.2. The highest BCUT2D eigenvalue weighted by Gasteiger charge is 2.09. The zero-order chi connectivity index (χ0) is 21.2. The van der Waals surface area contributed by atoms with Crippen molar-refractivity contribution in [2.75, 3.05) is 39.6 Å². The SMILES string of the molecule is Cc1ccc(OCCSCc2nnc(-c3ccc(OCCCN(C)C)cc3)o2)cc1. The Balaban J connectivity index is 1.38. The second-order valence-corrected chi connectivity index (χ2v) is 8.35. The fourth-order valence-corrected chi connectivity index (χ4v) is 3.34. The first-order valence-electron chi connectivity index (χ1n) is 10.1. The van der Waals surface area contributed by atoms with Crippen LogP contribution < -0.4 is 9.47 Å². The van der Waals surface area contributed by atoms with Crippen LogP contribution in [0.15, 0.2) is 52.9 Å². The third kappa shape index (κ3) is 7.39. The molecular formula is C23H29N3O3S. The molecule has 0 radical (unpaired) electrons. The lowest BCUT2D eigenvalue weighted by Crippen LogP contribution is -2.15. The van der Waals surface area contributed by atoms with Gasteiger partial charge in [0.05, 0.1) is 19.0 Å². The van der Waals surface area contributed by atoms with Crippen LogP contribution in [0, 0.1) is 6.92 Å². The molecule has 0 atom stereocenters. The molecule has 2 aromatic carbocycles. The van der Waals surface area contributed by atoms with Gasteiger partial charge in [-0.25, -0.2) is 0 Å². The number of thioether (sulfide) groups is 1. The molecule has 0 unspecified atom stereocenters. The fourth-order valence-electron chi connectivity index (χ4n) is 2.71. The van der Waals surface area contributed by atoms with Crippen LogP contribution in [-0.2, 0) is 5.75 Å². The maximum absolute atomic E-state index is 5.78. The van der Waals surface area contributed by atoms with E-state index in [0.717, 1.165) is 35.8 Å². The quantitative estimate of drug-likeness (QED) is 0.389. The molecule has 0 bridgehead atoms. The van der Waals surface area contributed by atoms with E-state index in [9.17, 15) is 0 Å². The molecule has 3 aromatic rings. The maximum atomic E-state index is 5.78. The highest BCUT2D eigenvalue weighted by molar-refractivity contribution is 7.98. The number of hydrogen-bond acceptors (Lipinski definition) is 7. The molecule has 0 aliphatic carbocycles. The molecule has 0 N–H and O–H groups in total.